The van der Waals surface area contributed by atoms with Crippen LogP contribution in [0.2, 0.25) is 0 Å². The van der Waals surface area contributed by atoms with E-state index in [1.165, 1.54) is 12.1 Å². The molecule has 0 saturated heterocycles. The number of halogens is 2. The molecule has 1 aromatic carbocycles. The van der Waals surface area contributed by atoms with Gasteiger partial charge in [0.2, 0.25) is 0 Å². The quantitative estimate of drug-likeness (QED) is 0.847. The molecule has 0 atom stereocenters. The highest BCUT2D eigenvalue weighted by Gasteiger charge is 2.19. The summed E-state index contributed by atoms with van der Waals surface area (Å²) in [4.78, 5) is 6.53. The molecule has 0 aliphatic carbocycles. The lowest BCUT2D eigenvalue weighted by atomic mass is 10.2. The molecule has 2 aromatic rings. The topological polar surface area (TPSA) is 25.4 Å². The molecule has 5 heteroatoms. The molecule has 0 amide bonds. The van der Waals surface area contributed by atoms with E-state index in [0.717, 1.165) is 28.1 Å². The summed E-state index contributed by atoms with van der Waals surface area (Å²) >= 11 is 3.38. The Morgan fingerprint density at radius 2 is 2.11 bits per heavy atom. The van der Waals surface area contributed by atoms with Gasteiger partial charge in [-0.3, -0.25) is 0 Å². The van der Waals surface area contributed by atoms with Crippen LogP contribution >= 0.6 is 15.9 Å². The summed E-state index contributed by atoms with van der Waals surface area (Å²) in [5, 5.41) is 0. The Bertz CT molecular complexity index is 588. The van der Waals surface area contributed by atoms with Crippen molar-refractivity contribution in [2.24, 2.45) is 0 Å². The van der Waals surface area contributed by atoms with Gasteiger partial charge < -0.3 is 9.64 Å². The molecular formula is C14H12BrFN2O. The van der Waals surface area contributed by atoms with E-state index in [2.05, 4.69) is 25.8 Å². The monoisotopic (exact) mass is 322 g/mol. The number of hydrogen-bond donors (Lipinski definition) is 0. The van der Waals surface area contributed by atoms with Crippen molar-refractivity contribution in [2.75, 3.05) is 18.1 Å². The minimum Gasteiger partial charge on any atom is -0.488 e. The van der Waals surface area contributed by atoms with Crippen molar-refractivity contribution in [3.05, 3.63) is 52.4 Å². The molecule has 3 rings (SSSR count). The van der Waals surface area contributed by atoms with E-state index in [4.69, 9.17) is 4.74 Å². The molecule has 2 heterocycles. The van der Waals surface area contributed by atoms with Crippen molar-refractivity contribution in [2.45, 2.75) is 6.54 Å². The molecule has 0 bridgehead atoms. The lowest BCUT2D eigenvalue weighted by molar-refractivity contribution is 0.304. The normalized spacial score (nSPS) is 13.9. The van der Waals surface area contributed by atoms with Crippen molar-refractivity contribution >= 4 is 21.7 Å². The third-order valence-electron chi connectivity index (χ3n) is 3.00. The zero-order valence-electron chi connectivity index (χ0n) is 10.1. The lowest BCUT2D eigenvalue weighted by Crippen LogP contribution is -2.33. The summed E-state index contributed by atoms with van der Waals surface area (Å²) in [7, 11) is 0. The van der Waals surface area contributed by atoms with Crippen LogP contribution in [-0.2, 0) is 6.54 Å². The Labute approximate surface area is 119 Å². The van der Waals surface area contributed by atoms with Crippen LogP contribution in [0.25, 0.3) is 0 Å². The van der Waals surface area contributed by atoms with Gasteiger partial charge >= 0.3 is 0 Å². The van der Waals surface area contributed by atoms with Gasteiger partial charge in [-0.15, -0.1) is 0 Å². The Hall–Kier alpha value is -1.62. The molecular weight excluding hydrogens is 311 g/mol. The Morgan fingerprint density at radius 3 is 2.89 bits per heavy atom. The van der Waals surface area contributed by atoms with Crippen molar-refractivity contribution in [1.82, 2.24) is 4.98 Å². The first-order valence-corrected chi connectivity index (χ1v) is 6.79. The van der Waals surface area contributed by atoms with Gasteiger partial charge in [-0.1, -0.05) is 12.1 Å². The molecule has 0 spiro atoms. The molecule has 0 saturated carbocycles. The summed E-state index contributed by atoms with van der Waals surface area (Å²) in [6.45, 7) is 2.11. The number of aromatic nitrogens is 1. The average molecular weight is 323 g/mol. The molecule has 19 heavy (non-hydrogen) atoms. The SMILES string of the molecule is Fc1ccc(CN2CCOc3cc(Br)cnc32)cc1. The second-order valence-electron chi connectivity index (χ2n) is 4.37. The molecule has 0 N–H and O–H groups in total. The molecule has 0 fully saturated rings. The van der Waals surface area contributed by atoms with Crippen LogP contribution in [0.3, 0.4) is 0 Å². The van der Waals surface area contributed by atoms with Gasteiger partial charge in [-0.2, -0.15) is 0 Å². The van der Waals surface area contributed by atoms with Crippen molar-refractivity contribution in [3.63, 3.8) is 0 Å². The number of anilines is 1. The number of benzene rings is 1. The lowest BCUT2D eigenvalue weighted by Gasteiger charge is -2.30. The van der Waals surface area contributed by atoms with Gasteiger partial charge in [0.1, 0.15) is 12.4 Å². The van der Waals surface area contributed by atoms with E-state index in [9.17, 15) is 4.39 Å². The van der Waals surface area contributed by atoms with E-state index in [1.807, 2.05) is 6.07 Å². The maximum atomic E-state index is 12.9. The van der Waals surface area contributed by atoms with Crippen LogP contribution in [0.15, 0.2) is 41.0 Å². The van der Waals surface area contributed by atoms with Gasteiger partial charge in [0.25, 0.3) is 0 Å². The minimum atomic E-state index is -0.215. The zero-order chi connectivity index (χ0) is 13.2. The molecule has 98 valence electrons. The van der Waals surface area contributed by atoms with E-state index in [0.29, 0.717) is 13.2 Å². The Morgan fingerprint density at radius 1 is 1.32 bits per heavy atom. The van der Waals surface area contributed by atoms with Crippen LogP contribution in [0.4, 0.5) is 10.2 Å². The molecule has 1 aliphatic heterocycles. The largest absolute Gasteiger partial charge is 0.488 e. The first-order chi connectivity index (χ1) is 9.22. The Kier molecular flexibility index (Phi) is 3.38. The second kappa shape index (κ2) is 5.17. The summed E-state index contributed by atoms with van der Waals surface area (Å²) in [5.41, 5.74) is 1.05. The summed E-state index contributed by atoms with van der Waals surface area (Å²) < 4.78 is 19.4. The fourth-order valence-corrected chi connectivity index (χ4v) is 2.40. The number of pyridine rings is 1. The second-order valence-corrected chi connectivity index (χ2v) is 5.29. The third-order valence-corrected chi connectivity index (χ3v) is 3.44. The minimum absolute atomic E-state index is 0.215. The fourth-order valence-electron chi connectivity index (χ4n) is 2.09. The molecule has 0 unspecified atom stereocenters. The summed E-state index contributed by atoms with van der Waals surface area (Å²) in [5.74, 6) is 1.40. The first kappa shape index (κ1) is 12.4. The van der Waals surface area contributed by atoms with Gasteiger partial charge in [0.05, 0.1) is 6.54 Å². The van der Waals surface area contributed by atoms with Gasteiger partial charge in [-0.05, 0) is 39.7 Å². The van der Waals surface area contributed by atoms with E-state index in [-0.39, 0.29) is 5.82 Å². The van der Waals surface area contributed by atoms with Crippen LogP contribution in [0.1, 0.15) is 5.56 Å². The highest BCUT2D eigenvalue weighted by molar-refractivity contribution is 9.10. The molecule has 3 nitrogen and oxygen atoms in total. The number of ether oxygens (including phenoxy) is 1. The van der Waals surface area contributed by atoms with E-state index >= 15 is 0 Å². The fraction of sp³-hybridized carbons (Fsp3) is 0.214. The molecule has 1 aliphatic rings. The van der Waals surface area contributed by atoms with Crippen LogP contribution in [-0.4, -0.2) is 18.1 Å². The first-order valence-electron chi connectivity index (χ1n) is 6.00. The van der Waals surface area contributed by atoms with Crippen molar-refractivity contribution < 1.29 is 9.13 Å². The Balaban J connectivity index is 1.85. The maximum absolute atomic E-state index is 12.9. The van der Waals surface area contributed by atoms with Crippen LogP contribution < -0.4 is 9.64 Å². The maximum Gasteiger partial charge on any atom is 0.171 e. The number of rotatable bonds is 2. The number of nitrogens with zero attached hydrogens (tertiary/aromatic N) is 2. The number of hydrogen-bond acceptors (Lipinski definition) is 3. The van der Waals surface area contributed by atoms with E-state index in [1.54, 1.807) is 18.3 Å². The van der Waals surface area contributed by atoms with Crippen LogP contribution in [0, 0.1) is 5.82 Å². The van der Waals surface area contributed by atoms with Crippen molar-refractivity contribution in [1.29, 1.82) is 0 Å². The van der Waals surface area contributed by atoms with Gasteiger partial charge in [0, 0.05) is 17.2 Å². The molecule has 1 aromatic heterocycles. The van der Waals surface area contributed by atoms with Crippen LogP contribution in [0.5, 0.6) is 5.75 Å². The predicted octanol–water partition coefficient (Wildman–Crippen LogP) is 3.38. The smallest absolute Gasteiger partial charge is 0.171 e. The summed E-state index contributed by atoms with van der Waals surface area (Å²) in [6, 6.07) is 8.46. The average Bonchev–Trinajstić information content (AvgIpc) is 2.41. The summed E-state index contributed by atoms with van der Waals surface area (Å²) in [6.07, 6.45) is 1.76. The number of fused-ring (bicyclic) bond motifs is 1. The van der Waals surface area contributed by atoms with Crippen molar-refractivity contribution in [3.8, 4) is 5.75 Å². The van der Waals surface area contributed by atoms with E-state index < -0.39 is 0 Å². The zero-order valence-corrected chi connectivity index (χ0v) is 11.7. The standard InChI is InChI=1S/C14H12BrFN2O/c15-11-7-13-14(17-8-11)18(5-6-19-13)9-10-1-3-12(16)4-2-10/h1-4,7-8H,5-6,9H2. The van der Waals surface area contributed by atoms with Gasteiger partial charge in [0.15, 0.2) is 11.6 Å². The third kappa shape index (κ3) is 2.71. The molecule has 0 radical (unpaired) electrons. The predicted molar refractivity (Wildman–Crippen MR) is 74.9 cm³/mol. The highest BCUT2D eigenvalue weighted by atomic mass is 79.9. The van der Waals surface area contributed by atoms with Gasteiger partial charge in [-0.25, -0.2) is 9.37 Å². The highest BCUT2D eigenvalue weighted by Crippen LogP contribution is 2.32.